The van der Waals surface area contributed by atoms with Gasteiger partial charge in [-0.05, 0) is 60.8 Å². The quantitative estimate of drug-likeness (QED) is 0.527. The summed E-state index contributed by atoms with van der Waals surface area (Å²) < 4.78 is 11.5. The van der Waals surface area contributed by atoms with Gasteiger partial charge in [-0.2, -0.15) is 0 Å². The third-order valence-electron chi connectivity index (χ3n) is 4.42. The molecule has 3 nitrogen and oxygen atoms in total. The van der Waals surface area contributed by atoms with Crippen molar-refractivity contribution in [1.82, 2.24) is 5.32 Å². The van der Waals surface area contributed by atoms with Crippen LogP contribution in [0.2, 0.25) is 0 Å². The fourth-order valence-corrected chi connectivity index (χ4v) is 2.93. The molecule has 0 aliphatic heterocycles. The summed E-state index contributed by atoms with van der Waals surface area (Å²) in [5.41, 5.74) is 3.98. The number of hydrogen-bond acceptors (Lipinski definition) is 3. The lowest BCUT2D eigenvalue weighted by atomic mass is 10.1. The molecular formula is C24H27NO2. The first-order chi connectivity index (χ1) is 13.3. The summed E-state index contributed by atoms with van der Waals surface area (Å²) in [6, 6.07) is 26.6. The van der Waals surface area contributed by atoms with Crippen molar-refractivity contribution in [2.24, 2.45) is 0 Å². The Balaban J connectivity index is 1.37. The van der Waals surface area contributed by atoms with E-state index in [1.165, 1.54) is 16.7 Å². The average molecular weight is 361 g/mol. The van der Waals surface area contributed by atoms with Gasteiger partial charge in [-0.1, -0.05) is 54.6 Å². The molecule has 0 amide bonds. The zero-order valence-electron chi connectivity index (χ0n) is 15.9. The molecule has 27 heavy (non-hydrogen) atoms. The van der Waals surface area contributed by atoms with Gasteiger partial charge in [0, 0.05) is 6.54 Å². The molecule has 0 heterocycles. The summed E-state index contributed by atoms with van der Waals surface area (Å²) >= 11 is 0. The first-order valence-corrected chi connectivity index (χ1v) is 9.46. The largest absolute Gasteiger partial charge is 0.490 e. The Labute approximate surface area is 162 Å². The molecule has 0 saturated carbocycles. The number of para-hydroxylation sites is 1. The van der Waals surface area contributed by atoms with Crippen LogP contribution >= 0.6 is 0 Å². The molecule has 0 aliphatic carbocycles. The maximum atomic E-state index is 5.81. The van der Waals surface area contributed by atoms with E-state index < -0.39 is 0 Å². The van der Waals surface area contributed by atoms with Crippen LogP contribution in [-0.4, -0.2) is 19.8 Å². The van der Waals surface area contributed by atoms with E-state index in [-0.39, 0.29) is 0 Å². The van der Waals surface area contributed by atoms with Gasteiger partial charge >= 0.3 is 0 Å². The number of hydrogen-bond donors (Lipinski definition) is 1. The molecule has 140 valence electrons. The lowest BCUT2D eigenvalue weighted by Crippen LogP contribution is -2.17. The summed E-state index contributed by atoms with van der Waals surface area (Å²) in [6.45, 7) is 5.02. The number of benzene rings is 3. The third-order valence-corrected chi connectivity index (χ3v) is 4.42. The second-order valence-corrected chi connectivity index (χ2v) is 6.51. The van der Waals surface area contributed by atoms with Crippen LogP contribution in [0.5, 0.6) is 11.5 Å². The highest BCUT2D eigenvalue weighted by Gasteiger charge is 2.00. The second kappa shape index (κ2) is 10.4. The van der Waals surface area contributed by atoms with Crippen molar-refractivity contribution in [3.63, 3.8) is 0 Å². The zero-order valence-corrected chi connectivity index (χ0v) is 15.9. The summed E-state index contributed by atoms with van der Waals surface area (Å²) in [4.78, 5) is 0. The molecule has 0 aromatic heterocycles. The van der Waals surface area contributed by atoms with Gasteiger partial charge in [0.05, 0.1) is 0 Å². The molecule has 0 aliphatic rings. The smallest absolute Gasteiger partial charge is 0.122 e. The molecule has 0 atom stereocenters. The van der Waals surface area contributed by atoms with E-state index >= 15 is 0 Å². The van der Waals surface area contributed by atoms with Gasteiger partial charge < -0.3 is 14.8 Å². The van der Waals surface area contributed by atoms with E-state index in [4.69, 9.17) is 9.47 Å². The Morgan fingerprint density at radius 1 is 0.741 bits per heavy atom. The van der Waals surface area contributed by atoms with E-state index in [0.717, 1.165) is 31.0 Å². The predicted molar refractivity (Wildman–Crippen MR) is 110 cm³/mol. The van der Waals surface area contributed by atoms with Crippen LogP contribution in [0, 0.1) is 6.92 Å². The molecule has 0 saturated heterocycles. The topological polar surface area (TPSA) is 30.5 Å². The fourth-order valence-electron chi connectivity index (χ4n) is 2.93. The van der Waals surface area contributed by atoms with Gasteiger partial charge in [0.15, 0.2) is 0 Å². The Morgan fingerprint density at radius 2 is 1.44 bits per heavy atom. The van der Waals surface area contributed by atoms with Gasteiger partial charge in [-0.15, -0.1) is 0 Å². The number of aryl methyl sites for hydroxylation is 1. The lowest BCUT2D eigenvalue weighted by Gasteiger charge is -2.10. The highest BCUT2D eigenvalue weighted by atomic mass is 16.5. The summed E-state index contributed by atoms with van der Waals surface area (Å²) in [6.07, 6.45) is 1.04. The minimum atomic E-state index is 0.527. The van der Waals surface area contributed by atoms with E-state index in [1.807, 2.05) is 42.5 Å². The minimum absolute atomic E-state index is 0.527. The van der Waals surface area contributed by atoms with Crippen molar-refractivity contribution in [2.75, 3.05) is 19.8 Å². The first kappa shape index (κ1) is 19.0. The molecule has 3 aromatic rings. The first-order valence-electron chi connectivity index (χ1n) is 9.46. The van der Waals surface area contributed by atoms with Crippen molar-refractivity contribution in [1.29, 1.82) is 0 Å². The van der Waals surface area contributed by atoms with Gasteiger partial charge in [0.2, 0.25) is 0 Å². The average Bonchev–Trinajstić information content (AvgIpc) is 2.71. The van der Waals surface area contributed by atoms with Gasteiger partial charge in [-0.25, -0.2) is 0 Å². The highest BCUT2D eigenvalue weighted by molar-refractivity contribution is 5.29. The van der Waals surface area contributed by atoms with E-state index in [0.29, 0.717) is 13.2 Å². The lowest BCUT2D eigenvalue weighted by molar-refractivity contribution is 0.217. The third kappa shape index (κ3) is 6.46. The normalized spacial score (nSPS) is 10.6. The number of rotatable bonds is 10. The molecule has 0 unspecified atom stereocenters. The maximum Gasteiger partial charge on any atom is 0.122 e. The number of nitrogens with one attached hydrogen (secondary N) is 1. The van der Waals surface area contributed by atoms with Crippen LogP contribution in [0.25, 0.3) is 0 Å². The minimum Gasteiger partial charge on any atom is -0.490 e. The van der Waals surface area contributed by atoms with Gasteiger partial charge in [0.25, 0.3) is 0 Å². The van der Waals surface area contributed by atoms with Crippen LogP contribution in [-0.2, 0) is 13.0 Å². The molecular weight excluding hydrogens is 334 g/mol. The van der Waals surface area contributed by atoms with Crippen molar-refractivity contribution >= 4 is 0 Å². The van der Waals surface area contributed by atoms with E-state index in [9.17, 15) is 0 Å². The molecule has 3 rings (SSSR count). The summed E-state index contributed by atoms with van der Waals surface area (Å²) in [7, 11) is 0. The number of ether oxygens (including phenoxy) is 2. The molecule has 3 aromatic carbocycles. The van der Waals surface area contributed by atoms with E-state index in [1.54, 1.807) is 0 Å². The van der Waals surface area contributed by atoms with Crippen LogP contribution < -0.4 is 14.8 Å². The van der Waals surface area contributed by atoms with Crippen molar-refractivity contribution < 1.29 is 9.47 Å². The molecule has 0 spiro atoms. The highest BCUT2D eigenvalue weighted by Crippen LogP contribution is 2.14. The summed E-state index contributed by atoms with van der Waals surface area (Å²) in [5, 5.41) is 3.51. The van der Waals surface area contributed by atoms with Crippen molar-refractivity contribution in [3.05, 3.63) is 95.6 Å². The van der Waals surface area contributed by atoms with Gasteiger partial charge in [-0.3, -0.25) is 0 Å². The Bertz CT molecular complexity index is 817. The molecule has 3 heteroatoms. The van der Waals surface area contributed by atoms with Crippen LogP contribution in [0.3, 0.4) is 0 Å². The van der Waals surface area contributed by atoms with Crippen LogP contribution in [0.4, 0.5) is 0 Å². The SMILES string of the molecule is Cc1ccccc1CCNCc1cccc(OCCOc2ccccc2)c1. The van der Waals surface area contributed by atoms with Crippen LogP contribution in [0.1, 0.15) is 16.7 Å². The molecule has 1 N–H and O–H groups in total. The standard InChI is InChI=1S/C24H27NO2/c1-20-8-5-6-10-22(20)14-15-25-19-21-9-7-13-24(18-21)27-17-16-26-23-11-3-2-4-12-23/h2-13,18,25H,14-17,19H2,1H3. The fraction of sp³-hybridized carbons (Fsp3) is 0.250. The second-order valence-electron chi connectivity index (χ2n) is 6.51. The Kier molecular flexibility index (Phi) is 7.31. The monoisotopic (exact) mass is 361 g/mol. The van der Waals surface area contributed by atoms with Crippen molar-refractivity contribution in [3.8, 4) is 11.5 Å². The Hall–Kier alpha value is -2.78. The Morgan fingerprint density at radius 3 is 2.26 bits per heavy atom. The van der Waals surface area contributed by atoms with Gasteiger partial charge in [0.1, 0.15) is 24.7 Å². The molecule has 0 radical (unpaired) electrons. The van der Waals surface area contributed by atoms with Crippen LogP contribution in [0.15, 0.2) is 78.9 Å². The molecule has 0 fully saturated rings. The summed E-state index contributed by atoms with van der Waals surface area (Å²) in [5.74, 6) is 1.75. The van der Waals surface area contributed by atoms with Crippen molar-refractivity contribution in [2.45, 2.75) is 19.9 Å². The van der Waals surface area contributed by atoms with E-state index in [2.05, 4.69) is 48.6 Å². The zero-order chi connectivity index (χ0) is 18.7. The molecule has 0 bridgehead atoms. The predicted octanol–water partition coefficient (Wildman–Crippen LogP) is 4.79. The maximum absolute atomic E-state index is 5.81.